The summed E-state index contributed by atoms with van der Waals surface area (Å²) in [6.07, 6.45) is 1.40. The van der Waals surface area contributed by atoms with E-state index in [9.17, 15) is 0 Å². The Kier molecular flexibility index (Phi) is 3.34. The summed E-state index contributed by atoms with van der Waals surface area (Å²) < 4.78 is 5.54. The number of benzene rings is 1. The highest BCUT2D eigenvalue weighted by molar-refractivity contribution is 5.57. The van der Waals surface area contributed by atoms with Crippen molar-refractivity contribution in [3.63, 3.8) is 0 Å². The van der Waals surface area contributed by atoms with Crippen LogP contribution < -0.4 is 10.2 Å². The quantitative estimate of drug-likeness (QED) is 0.846. The first-order valence-corrected chi connectivity index (χ1v) is 5.82. The van der Waals surface area contributed by atoms with Crippen LogP contribution in [0.5, 0.6) is 0 Å². The van der Waals surface area contributed by atoms with Crippen LogP contribution in [0.4, 0.5) is 11.4 Å². The predicted molar refractivity (Wildman–Crippen MR) is 68.2 cm³/mol. The Balaban J connectivity index is 2.06. The summed E-state index contributed by atoms with van der Waals surface area (Å²) >= 11 is 0. The zero-order valence-corrected chi connectivity index (χ0v) is 10.2. The van der Waals surface area contributed by atoms with E-state index in [1.807, 2.05) is 0 Å². The second-order valence-corrected chi connectivity index (χ2v) is 4.56. The Morgan fingerprint density at radius 3 is 2.81 bits per heavy atom. The SMILES string of the molecule is CC1OCCC1Nc1cccc(N(C)C)c1. The summed E-state index contributed by atoms with van der Waals surface area (Å²) in [4.78, 5) is 2.11. The van der Waals surface area contributed by atoms with E-state index in [0.717, 1.165) is 13.0 Å². The summed E-state index contributed by atoms with van der Waals surface area (Å²) in [7, 11) is 4.11. The van der Waals surface area contributed by atoms with E-state index in [0.29, 0.717) is 12.1 Å². The lowest BCUT2D eigenvalue weighted by molar-refractivity contribution is 0.121. The molecule has 1 aliphatic rings. The molecule has 3 heteroatoms. The van der Waals surface area contributed by atoms with Crippen molar-refractivity contribution in [1.29, 1.82) is 0 Å². The molecular weight excluding hydrogens is 200 g/mol. The highest BCUT2D eigenvalue weighted by Crippen LogP contribution is 2.22. The average Bonchev–Trinajstić information content (AvgIpc) is 2.65. The molecule has 0 aliphatic carbocycles. The summed E-state index contributed by atoms with van der Waals surface area (Å²) in [5.74, 6) is 0. The molecule has 0 radical (unpaired) electrons. The number of hydrogen-bond donors (Lipinski definition) is 1. The third kappa shape index (κ3) is 2.47. The van der Waals surface area contributed by atoms with Crippen LogP contribution in [0.1, 0.15) is 13.3 Å². The van der Waals surface area contributed by atoms with Gasteiger partial charge in [-0.25, -0.2) is 0 Å². The fourth-order valence-corrected chi connectivity index (χ4v) is 2.01. The second kappa shape index (κ2) is 4.74. The predicted octanol–water partition coefficient (Wildman–Crippen LogP) is 2.34. The molecular formula is C13H20N2O. The Morgan fingerprint density at radius 1 is 1.38 bits per heavy atom. The first-order valence-electron chi connectivity index (χ1n) is 5.82. The maximum Gasteiger partial charge on any atom is 0.0748 e. The van der Waals surface area contributed by atoms with E-state index in [1.54, 1.807) is 0 Å². The zero-order chi connectivity index (χ0) is 11.5. The van der Waals surface area contributed by atoms with Gasteiger partial charge in [0.2, 0.25) is 0 Å². The fourth-order valence-electron chi connectivity index (χ4n) is 2.01. The molecule has 3 nitrogen and oxygen atoms in total. The minimum absolute atomic E-state index is 0.308. The van der Waals surface area contributed by atoms with E-state index in [1.165, 1.54) is 11.4 Å². The number of ether oxygens (including phenoxy) is 1. The third-order valence-electron chi connectivity index (χ3n) is 3.09. The van der Waals surface area contributed by atoms with Crippen LogP contribution in [-0.2, 0) is 4.74 Å². The van der Waals surface area contributed by atoms with E-state index in [2.05, 4.69) is 55.5 Å². The van der Waals surface area contributed by atoms with Gasteiger partial charge in [-0.1, -0.05) is 6.07 Å². The van der Waals surface area contributed by atoms with Gasteiger partial charge in [-0.05, 0) is 31.5 Å². The molecule has 0 amide bonds. The number of rotatable bonds is 3. The summed E-state index contributed by atoms with van der Waals surface area (Å²) in [6, 6.07) is 8.92. The Labute approximate surface area is 97.4 Å². The first kappa shape index (κ1) is 11.3. The van der Waals surface area contributed by atoms with E-state index < -0.39 is 0 Å². The fraction of sp³-hybridized carbons (Fsp3) is 0.538. The molecule has 0 aromatic heterocycles. The Bertz CT molecular complexity index is 352. The maximum atomic E-state index is 5.54. The monoisotopic (exact) mass is 220 g/mol. The van der Waals surface area contributed by atoms with Gasteiger partial charge < -0.3 is 15.0 Å². The molecule has 2 atom stereocenters. The molecule has 2 rings (SSSR count). The van der Waals surface area contributed by atoms with Crippen molar-refractivity contribution in [2.45, 2.75) is 25.5 Å². The normalized spacial score (nSPS) is 24.4. The van der Waals surface area contributed by atoms with Gasteiger partial charge in [0.15, 0.2) is 0 Å². The third-order valence-corrected chi connectivity index (χ3v) is 3.09. The van der Waals surface area contributed by atoms with Gasteiger partial charge >= 0.3 is 0 Å². The van der Waals surface area contributed by atoms with Crippen LogP contribution in [0.3, 0.4) is 0 Å². The Morgan fingerprint density at radius 2 is 2.19 bits per heavy atom. The van der Waals surface area contributed by atoms with Gasteiger partial charge in [0.1, 0.15) is 0 Å². The van der Waals surface area contributed by atoms with Crippen molar-refractivity contribution in [3.8, 4) is 0 Å². The van der Waals surface area contributed by atoms with Crippen molar-refractivity contribution >= 4 is 11.4 Å². The van der Waals surface area contributed by atoms with Crippen LogP contribution in [0.2, 0.25) is 0 Å². The van der Waals surface area contributed by atoms with Gasteiger partial charge in [0.25, 0.3) is 0 Å². The number of anilines is 2. The lowest BCUT2D eigenvalue weighted by atomic mass is 10.1. The van der Waals surface area contributed by atoms with Crippen LogP contribution in [0, 0.1) is 0 Å². The first-order chi connectivity index (χ1) is 7.66. The van der Waals surface area contributed by atoms with Gasteiger partial charge in [0.05, 0.1) is 12.1 Å². The smallest absolute Gasteiger partial charge is 0.0748 e. The van der Waals surface area contributed by atoms with Crippen molar-refractivity contribution in [1.82, 2.24) is 0 Å². The van der Waals surface area contributed by atoms with Crippen molar-refractivity contribution in [2.24, 2.45) is 0 Å². The van der Waals surface area contributed by atoms with Crippen LogP contribution in [-0.4, -0.2) is 32.8 Å². The second-order valence-electron chi connectivity index (χ2n) is 4.56. The molecule has 0 saturated carbocycles. The molecule has 1 aromatic carbocycles. The molecule has 88 valence electrons. The number of hydrogen-bond acceptors (Lipinski definition) is 3. The van der Waals surface area contributed by atoms with Gasteiger partial charge in [-0.3, -0.25) is 0 Å². The largest absolute Gasteiger partial charge is 0.380 e. The molecule has 1 heterocycles. The number of nitrogens with one attached hydrogen (secondary N) is 1. The van der Waals surface area contributed by atoms with Crippen LogP contribution in [0.25, 0.3) is 0 Å². The minimum atomic E-state index is 0.308. The Hall–Kier alpha value is -1.22. The van der Waals surface area contributed by atoms with Gasteiger partial charge in [0, 0.05) is 32.1 Å². The topological polar surface area (TPSA) is 24.5 Å². The van der Waals surface area contributed by atoms with Crippen LogP contribution >= 0.6 is 0 Å². The highest BCUT2D eigenvalue weighted by Gasteiger charge is 2.23. The summed E-state index contributed by atoms with van der Waals surface area (Å²) in [5.41, 5.74) is 2.39. The minimum Gasteiger partial charge on any atom is -0.380 e. The lowest BCUT2D eigenvalue weighted by Gasteiger charge is -2.19. The molecule has 0 spiro atoms. The van der Waals surface area contributed by atoms with Gasteiger partial charge in [-0.15, -0.1) is 0 Å². The van der Waals surface area contributed by atoms with Crippen molar-refractivity contribution in [2.75, 3.05) is 30.9 Å². The van der Waals surface area contributed by atoms with Crippen molar-refractivity contribution < 1.29 is 4.74 Å². The molecule has 1 N–H and O–H groups in total. The van der Waals surface area contributed by atoms with E-state index in [4.69, 9.17) is 4.74 Å². The average molecular weight is 220 g/mol. The molecule has 1 fully saturated rings. The van der Waals surface area contributed by atoms with Crippen molar-refractivity contribution in [3.05, 3.63) is 24.3 Å². The molecule has 1 saturated heterocycles. The summed E-state index contributed by atoms with van der Waals surface area (Å²) in [5, 5.41) is 3.53. The van der Waals surface area contributed by atoms with E-state index in [-0.39, 0.29) is 0 Å². The van der Waals surface area contributed by atoms with Crippen LogP contribution in [0.15, 0.2) is 24.3 Å². The number of nitrogens with zero attached hydrogens (tertiary/aromatic N) is 1. The molecule has 2 unspecified atom stereocenters. The lowest BCUT2D eigenvalue weighted by Crippen LogP contribution is -2.26. The standard InChI is InChI=1S/C13H20N2O/c1-10-13(7-8-16-10)14-11-5-4-6-12(9-11)15(2)3/h4-6,9-10,13-14H,7-8H2,1-3H3. The maximum absolute atomic E-state index is 5.54. The highest BCUT2D eigenvalue weighted by atomic mass is 16.5. The molecule has 16 heavy (non-hydrogen) atoms. The summed E-state index contributed by atoms with van der Waals surface area (Å²) in [6.45, 7) is 2.99. The zero-order valence-electron chi connectivity index (χ0n) is 10.2. The molecule has 1 aliphatic heterocycles. The van der Waals surface area contributed by atoms with Gasteiger partial charge in [-0.2, -0.15) is 0 Å². The molecule has 1 aromatic rings. The van der Waals surface area contributed by atoms with E-state index >= 15 is 0 Å². The molecule has 0 bridgehead atoms.